The lowest BCUT2D eigenvalue weighted by atomic mass is 10.2. The van der Waals surface area contributed by atoms with E-state index in [4.69, 9.17) is 0 Å². The molecule has 1 saturated heterocycles. The van der Waals surface area contributed by atoms with Gasteiger partial charge in [-0.15, -0.1) is 0 Å². The molecule has 0 N–H and O–H groups in total. The number of rotatable bonds is 1. The first-order valence-electron chi connectivity index (χ1n) is 5.00. The van der Waals surface area contributed by atoms with E-state index in [0.29, 0.717) is 5.69 Å². The molecular formula is C11H10BrNO3S. The van der Waals surface area contributed by atoms with E-state index in [0.717, 1.165) is 9.37 Å². The minimum atomic E-state index is -1.39. The Balaban J connectivity index is 2.37. The predicted octanol–water partition coefficient (Wildman–Crippen LogP) is 1.46. The topological polar surface area (TPSA) is 54.5 Å². The van der Waals surface area contributed by atoms with Crippen molar-refractivity contribution in [2.75, 3.05) is 10.7 Å². The molecule has 1 aliphatic heterocycles. The highest BCUT2D eigenvalue weighted by Gasteiger charge is 2.37. The highest BCUT2D eigenvalue weighted by Crippen LogP contribution is 2.23. The minimum absolute atomic E-state index is 0.0943. The summed E-state index contributed by atoms with van der Waals surface area (Å²) < 4.78 is 12.4. The molecule has 2 rings (SSSR count). The van der Waals surface area contributed by atoms with Crippen molar-refractivity contribution in [1.29, 1.82) is 0 Å². The molecule has 6 heteroatoms. The second kappa shape index (κ2) is 4.70. The molecule has 0 bridgehead atoms. The maximum absolute atomic E-state index is 11.9. The Morgan fingerprint density at radius 3 is 2.47 bits per heavy atom. The van der Waals surface area contributed by atoms with E-state index in [2.05, 4.69) is 15.9 Å². The van der Waals surface area contributed by atoms with Crippen LogP contribution in [0.4, 0.5) is 5.69 Å². The van der Waals surface area contributed by atoms with Crippen molar-refractivity contribution in [1.82, 2.24) is 0 Å². The van der Waals surface area contributed by atoms with Crippen LogP contribution in [0, 0.1) is 0 Å². The van der Waals surface area contributed by atoms with Gasteiger partial charge in [-0.05, 0) is 31.2 Å². The van der Waals surface area contributed by atoms with Crippen molar-refractivity contribution >= 4 is 44.2 Å². The van der Waals surface area contributed by atoms with Gasteiger partial charge in [-0.25, -0.2) is 4.90 Å². The second-order valence-electron chi connectivity index (χ2n) is 3.71. The third-order valence-electron chi connectivity index (χ3n) is 2.56. The molecule has 0 unspecified atom stereocenters. The van der Waals surface area contributed by atoms with Crippen LogP contribution < -0.4 is 4.90 Å². The van der Waals surface area contributed by atoms with Gasteiger partial charge >= 0.3 is 0 Å². The van der Waals surface area contributed by atoms with Gasteiger partial charge in [0.15, 0.2) is 0 Å². The van der Waals surface area contributed by atoms with Crippen LogP contribution in [0.2, 0.25) is 0 Å². The molecule has 4 nitrogen and oxygen atoms in total. The van der Waals surface area contributed by atoms with Gasteiger partial charge in [-0.2, -0.15) is 0 Å². The first kappa shape index (κ1) is 12.4. The van der Waals surface area contributed by atoms with Crippen molar-refractivity contribution in [3.8, 4) is 0 Å². The SMILES string of the molecule is C[C@@H]1C(=O)N(c2ccc(Br)cc2)C(=O)C[S@@]1=O. The van der Waals surface area contributed by atoms with E-state index in [1.807, 2.05) is 0 Å². The zero-order valence-electron chi connectivity index (χ0n) is 9.05. The summed E-state index contributed by atoms with van der Waals surface area (Å²) in [5.74, 6) is -0.904. The number of amides is 2. The van der Waals surface area contributed by atoms with E-state index < -0.39 is 27.9 Å². The normalized spacial score (nSPS) is 25.2. The Bertz CT molecular complexity index is 500. The van der Waals surface area contributed by atoms with Crippen molar-refractivity contribution in [3.05, 3.63) is 28.7 Å². The Morgan fingerprint density at radius 1 is 1.29 bits per heavy atom. The van der Waals surface area contributed by atoms with E-state index in [1.165, 1.54) is 0 Å². The number of halogens is 1. The third kappa shape index (κ3) is 2.32. The number of hydrogen-bond donors (Lipinski definition) is 0. The molecule has 0 spiro atoms. The van der Waals surface area contributed by atoms with Gasteiger partial charge in [-0.3, -0.25) is 13.8 Å². The first-order chi connectivity index (χ1) is 8.00. The summed E-state index contributed by atoms with van der Waals surface area (Å²) in [5, 5.41) is -0.628. The van der Waals surface area contributed by atoms with Gasteiger partial charge in [0.25, 0.3) is 0 Å². The maximum Gasteiger partial charge on any atom is 0.249 e. The highest BCUT2D eigenvalue weighted by molar-refractivity contribution is 9.10. The molecule has 2 atom stereocenters. The van der Waals surface area contributed by atoms with Crippen LogP contribution in [0.25, 0.3) is 0 Å². The quantitative estimate of drug-likeness (QED) is 0.737. The number of carbonyl (C=O) groups is 2. The Hall–Kier alpha value is -1.01. The minimum Gasteiger partial charge on any atom is -0.273 e. The van der Waals surface area contributed by atoms with E-state index in [-0.39, 0.29) is 5.75 Å². The van der Waals surface area contributed by atoms with Gasteiger partial charge in [0.1, 0.15) is 11.0 Å². The molecule has 1 aromatic rings. The molecule has 0 radical (unpaired) electrons. The van der Waals surface area contributed by atoms with E-state index in [1.54, 1.807) is 31.2 Å². The third-order valence-corrected chi connectivity index (χ3v) is 4.61. The van der Waals surface area contributed by atoms with E-state index >= 15 is 0 Å². The fourth-order valence-corrected chi connectivity index (χ4v) is 2.81. The highest BCUT2D eigenvalue weighted by atomic mass is 79.9. The second-order valence-corrected chi connectivity index (χ2v) is 6.38. The summed E-state index contributed by atoms with van der Waals surface area (Å²) in [4.78, 5) is 24.8. The number of benzene rings is 1. The summed E-state index contributed by atoms with van der Waals surface area (Å²) in [7, 11) is -1.39. The molecule has 1 fully saturated rings. The predicted molar refractivity (Wildman–Crippen MR) is 69.1 cm³/mol. The average Bonchev–Trinajstić information content (AvgIpc) is 2.29. The number of carbonyl (C=O) groups excluding carboxylic acids is 2. The van der Waals surface area contributed by atoms with Gasteiger partial charge in [0.2, 0.25) is 11.8 Å². The zero-order chi connectivity index (χ0) is 12.6. The summed E-state index contributed by atoms with van der Waals surface area (Å²) in [5.41, 5.74) is 0.520. The lowest BCUT2D eigenvalue weighted by molar-refractivity contribution is -0.125. The largest absolute Gasteiger partial charge is 0.273 e. The lowest BCUT2D eigenvalue weighted by Gasteiger charge is -2.28. The number of nitrogens with zero attached hydrogens (tertiary/aromatic N) is 1. The lowest BCUT2D eigenvalue weighted by Crippen LogP contribution is -2.51. The molecule has 90 valence electrons. The van der Waals surface area contributed by atoms with E-state index in [9.17, 15) is 13.8 Å². The zero-order valence-corrected chi connectivity index (χ0v) is 11.5. The molecule has 0 aliphatic carbocycles. The Morgan fingerprint density at radius 2 is 1.88 bits per heavy atom. The number of hydrogen-bond acceptors (Lipinski definition) is 3. The van der Waals surface area contributed by atoms with Gasteiger partial charge < -0.3 is 0 Å². The molecule has 2 amide bonds. The van der Waals surface area contributed by atoms with Crippen molar-refractivity contribution < 1.29 is 13.8 Å². The van der Waals surface area contributed by atoms with Crippen molar-refractivity contribution in [3.63, 3.8) is 0 Å². The van der Waals surface area contributed by atoms with Crippen molar-refractivity contribution in [2.45, 2.75) is 12.2 Å². The van der Waals surface area contributed by atoms with Crippen LogP contribution in [-0.2, 0) is 20.4 Å². The average molecular weight is 316 g/mol. The van der Waals surface area contributed by atoms with Crippen molar-refractivity contribution in [2.24, 2.45) is 0 Å². The van der Waals surface area contributed by atoms with Gasteiger partial charge in [0, 0.05) is 15.3 Å². The summed E-state index contributed by atoms with van der Waals surface area (Å²) in [6, 6.07) is 6.87. The van der Waals surface area contributed by atoms with Gasteiger partial charge in [-0.1, -0.05) is 15.9 Å². The first-order valence-corrected chi connectivity index (χ1v) is 7.18. The monoisotopic (exact) mass is 315 g/mol. The van der Waals surface area contributed by atoms with Crippen LogP contribution in [0.3, 0.4) is 0 Å². The van der Waals surface area contributed by atoms with Gasteiger partial charge in [0.05, 0.1) is 5.69 Å². The fourth-order valence-electron chi connectivity index (χ4n) is 1.59. The van der Waals surface area contributed by atoms with Crippen LogP contribution in [0.15, 0.2) is 28.7 Å². The number of anilines is 1. The molecule has 0 aromatic heterocycles. The summed E-state index contributed by atoms with van der Waals surface area (Å²) in [6.45, 7) is 1.58. The van der Waals surface area contributed by atoms with Crippen LogP contribution >= 0.6 is 15.9 Å². The molecule has 1 aromatic carbocycles. The summed E-state index contributed by atoms with van der Waals surface area (Å²) >= 11 is 3.28. The number of imide groups is 1. The smallest absolute Gasteiger partial charge is 0.249 e. The molecular weight excluding hydrogens is 306 g/mol. The van der Waals surface area contributed by atoms with Crippen LogP contribution in [0.5, 0.6) is 0 Å². The molecule has 1 heterocycles. The standard InChI is InChI=1S/C11H10BrNO3S/c1-7-11(15)13(10(14)6-17(7)16)9-4-2-8(12)3-5-9/h2-5,7H,6H2,1H3/t7-,17+/m1/s1. The summed E-state index contributed by atoms with van der Waals surface area (Å²) in [6.07, 6.45) is 0. The molecule has 0 saturated carbocycles. The molecule has 17 heavy (non-hydrogen) atoms. The van der Waals surface area contributed by atoms with Crippen LogP contribution in [-0.4, -0.2) is 27.0 Å². The Kier molecular flexibility index (Phi) is 3.44. The van der Waals surface area contributed by atoms with Crippen LogP contribution in [0.1, 0.15) is 6.92 Å². The Labute approximate surface area is 110 Å². The fraction of sp³-hybridized carbons (Fsp3) is 0.273. The maximum atomic E-state index is 11.9. The molecule has 1 aliphatic rings.